The molecule has 2 aromatic rings. The van der Waals surface area contributed by atoms with E-state index in [0.29, 0.717) is 32.1 Å². The molecule has 0 unspecified atom stereocenters. The number of halogens is 2. The van der Waals surface area contributed by atoms with Gasteiger partial charge in [0.25, 0.3) is 0 Å². The monoisotopic (exact) mass is 367 g/mol. The fourth-order valence-corrected chi connectivity index (χ4v) is 4.22. The molecule has 0 aromatic heterocycles. The summed E-state index contributed by atoms with van der Waals surface area (Å²) in [5.74, 6) is -2.27. The Kier molecular flexibility index (Phi) is 5.17. The van der Waals surface area contributed by atoms with Gasteiger partial charge in [0.15, 0.2) is 11.6 Å². The lowest BCUT2D eigenvalue weighted by atomic mass is 9.74. The van der Waals surface area contributed by atoms with Crippen molar-refractivity contribution in [2.24, 2.45) is 0 Å². The molecule has 1 heterocycles. The second-order valence-corrected chi connectivity index (χ2v) is 7.93. The van der Waals surface area contributed by atoms with Gasteiger partial charge in [-0.3, -0.25) is 0 Å². The van der Waals surface area contributed by atoms with Gasteiger partial charge in [0.1, 0.15) is 0 Å². The Balaban J connectivity index is 1.84. The molecule has 7 heteroatoms. The zero-order valence-corrected chi connectivity index (χ0v) is 14.4. The number of nitrogens with one attached hydrogen (secondary N) is 1. The van der Waals surface area contributed by atoms with Crippen molar-refractivity contribution >= 4 is 10.0 Å². The molecule has 1 fully saturated rings. The topological polar surface area (TPSA) is 55.4 Å². The number of ether oxygens (including phenoxy) is 1. The maximum absolute atomic E-state index is 13.4. The summed E-state index contributed by atoms with van der Waals surface area (Å²) >= 11 is 0. The highest BCUT2D eigenvalue weighted by atomic mass is 32.2. The van der Waals surface area contributed by atoms with Crippen LogP contribution in [-0.4, -0.2) is 28.2 Å². The van der Waals surface area contributed by atoms with Gasteiger partial charge in [0, 0.05) is 25.2 Å². The van der Waals surface area contributed by atoms with Crippen LogP contribution in [0.1, 0.15) is 18.4 Å². The maximum atomic E-state index is 13.4. The lowest BCUT2D eigenvalue weighted by Crippen LogP contribution is -2.44. The fourth-order valence-electron chi connectivity index (χ4n) is 3.08. The van der Waals surface area contributed by atoms with Crippen LogP contribution in [-0.2, 0) is 20.2 Å². The molecule has 0 aliphatic carbocycles. The molecule has 1 N–H and O–H groups in total. The van der Waals surface area contributed by atoms with E-state index in [-0.39, 0.29) is 16.9 Å². The van der Waals surface area contributed by atoms with Gasteiger partial charge in [-0.15, -0.1) is 0 Å². The van der Waals surface area contributed by atoms with Gasteiger partial charge in [-0.1, -0.05) is 30.3 Å². The van der Waals surface area contributed by atoms with Gasteiger partial charge < -0.3 is 4.74 Å². The Hall–Kier alpha value is -1.83. The maximum Gasteiger partial charge on any atom is 0.240 e. The first-order valence-corrected chi connectivity index (χ1v) is 9.49. The standard InChI is InChI=1S/C18H19F2NO3S/c19-16-7-6-15(12-17(16)20)25(22,23)21-13-18(8-10-24-11-9-18)14-4-2-1-3-5-14/h1-7,12,21H,8-11,13H2. The van der Waals surface area contributed by atoms with E-state index in [0.717, 1.165) is 17.7 Å². The van der Waals surface area contributed by atoms with Gasteiger partial charge in [-0.2, -0.15) is 0 Å². The molecule has 3 rings (SSSR count). The highest BCUT2D eigenvalue weighted by Crippen LogP contribution is 2.34. The Morgan fingerprint density at radius 3 is 2.32 bits per heavy atom. The molecule has 0 spiro atoms. The minimum atomic E-state index is -3.94. The molecule has 1 aliphatic heterocycles. The van der Waals surface area contributed by atoms with E-state index >= 15 is 0 Å². The summed E-state index contributed by atoms with van der Waals surface area (Å²) in [6.45, 7) is 1.26. The molecule has 0 bridgehead atoms. The third-order valence-corrected chi connectivity index (χ3v) is 6.04. The Morgan fingerprint density at radius 1 is 1.00 bits per heavy atom. The minimum Gasteiger partial charge on any atom is -0.381 e. The van der Waals surface area contributed by atoms with Gasteiger partial charge in [0.05, 0.1) is 4.90 Å². The number of sulfonamides is 1. The van der Waals surface area contributed by atoms with Crippen LogP contribution in [0.3, 0.4) is 0 Å². The second-order valence-electron chi connectivity index (χ2n) is 6.16. The summed E-state index contributed by atoms with van der Waals surface area (Å²) in [6.07, 6.45) is 1.36. The highest BCUT2D eigenvalue weighted by molar-refractivity contribution is 7.89. The van der Waals surface area contributed by atoms with Crippen LogP contribution in [0.2, 0.25) is 0 Å². The molecular formula is C18H19F2NO3S. The molecule has 0 saturated carbocycles. The molecule has 25 heavy (non-hydrogen) atoms. The largest absolute Gasteiger partial charge is 0.381 e. The summed E-state index contributed by atoms with van der Waals surface area (Å²) in [5, 5.41) is 0. The predicted molar refractivity (Wildman–Crippen MR) is 89.7 cm³/mol. The molecule has 4 nitrogen and oxygen atoms in total. The third kappa shape index (κ3) is 3.89. The highest BCUT2D eigenvalue weighted by Gasteiger charge is 2.35. The van der Waals surface area contributed by atoms with Crippen molar-refractivity contribution in [2.45, 2.75) is 23.2 Å². The van der Waals surface area contributed by atoms with E-state index in [2.05, 4.69) is 4.72 Å². The minimum absolute atomic E-state index is 0.168. The number of rotatable bonds is 5. The van der Waals surface area contributed by atoms with Gasteiger partial charge in [0.2, 0.25) is 10.0 Å². The van der Waals surface area contributed by atoms with Gasteiger partial charge in [-0.05, 0) is 36.6 Å². The summed E-state index contributed by atoms with van der Waals surface area (Å²) in [4.78, 5) is -0.290. The van der Waals surface area contributed by atoms with E-state index in [1.165, 1.54) is 0 Å². The van der Waals surface area contributed by atoms with Crippen molar-refractivity contribution in [3.63, 3.8) is 0 Å². The summed E-state index contributed by atoms with van der Waals surface area (Å²) in [6, 6.07) is 12.2. The Morgan fingerprint density at radius 2 is 1.68 bits per heavy atom. The van der Waals surface area contributed by atoms with Gasteiger partial charge >= 0.3 is 0 Å². The Bertz CT molecular complexity index is 835. The van der Waals surface area contributed by atoms with Crippen LogP contribution < -0.4 is 4.72 Å². The molecule has 134 valence electrons. The summed E-state index contributed by atoms with van der Waals surface area (Å²) < 4.78 is 59.3. The zero-order valence-electron chi connectivity index (χ0n) is 13.5. The van der Waals surface area contributed by atoms with Crippen molar-refractivity contribution < 1.29 is 21.9 Å². The van der Waals surface area contributed by atoms with Crippen LogP contribution >= 0.6 is 0 Å². The first-order chi connectivity index (χ1) is 11.9. The average Bonchev–Trinajstić information content (AvgIpc) is 2.64. The van der Waals surface area contributed by atoms with E-state index in [9.17, 15) is 17.2 Å². The van der Waals surface area contributed by atoms with Crippen LogP contribution in [0.4, 0.5) is 8.78 Å². The number of hydrogen-bond acceptors (Lipinski definition) is 3. The van der Waals surface area contributed by atoms with Gasteiger partial charge in [-0.25, -0.2) is 21.9 Å². The summed E-state index contributed by atoms with van der Waals surface area (Å²) in [7, 11) is -3.94. The summed E-state index contributed by atoms with van der Waals surface area (Å²) in [5.41, 5.74) is 0.650. The third-order valence-electron chi connectivity index (χ3n) is 4.64. The van der Waals surface area contributed by atoms with Crippen LogP contribution in [0.15, 0.2) is 53.4 Å². The molecule has 1 aliphatic rings. The average molecular weight is 367 g/mol. The molecule has 0 radical (unpaired) electrons. The van der Waals surface area contributed by atoms with E-state index in [1.807, 2.05) is 30.3 Å². The number of hydrogen-bond donors (Lipinski definition) is 1. The molecule has 1 saturated heterocycles. The van der Waals surface area contributed by atoms with Crippen molar-refractivity contribution in [2.75, 3.05) is 19.8 Å². The van der Waals surface area contributed by atoms with Crippen molar-refractivity contribution in [3.05, 3.63) is 65.7 Å². The quantitative estimate of drug-likeness (QED) is 0.884. The van der Waals surface area contributed by atoms with E-state index < -0.39 is 21.7 Å². The fraction of sp³-hybridized carbons (Fsp3) is 0.333. The first kappa shape index (κ1) is 18.0. The molecule has 0 atom stereocenters. The molecule has 2 aromatic carbocycles. The predicted octanol–water partition coefficient (Wildman–Crippen LogP) is 2.99. The van der Waals surface area contributed by atoms with E-state index in [4.69, 9.17) is 4.74 Å². The molecule has 0 amide bonds. The van der Waals surface area contributed by atoms with Crippen LogP contribution in [0.25, 0.3) is 0 Å². The van der Waals surface area contributed by atoms with E-state index in [1.54, 1.807) is 0 Å². The van der Waals surface area contributed by atoms with Crippen molar-refractivity contribution in [1.29, 1.82) is 0 Å². The first-order valence-electron chi connectivity index (χ1n) is 8.01. The lowest BCUT2D eigenvalue weighted by Gasteiger charge is -2.37. The lowest BCUT2D eigenvalue weighted by molar-refractivity contribution is 0.0517. The van der Waals surface area contributed by atoms with Crippen LogP contribution in [0, 0.1) is 11.6 Å². The normalized spacial score (nSPS) is 17.4. The second kappa shape index (κ2) is 7.19. The van der Waals surface area contributed by atoms with Crippen molar-refractivity contribution in [1.82, 2.24) is 4.72 Å². The SMILES string of the molecule is O=S(=O)(NCC1(c2ccccc2)CCOCC1)c1ccc(F)c(F)c1. The molecular weight excluding hydrogens is 348 g/mol. The Labute approximate surface area is 145 Å². The smallest absolute Gasteiger partial charge is 0.240 e. The zero-order chi connectivity index (χ0) is 17.9. The van der Waals surface area contributed by atoms with Crippen molar-refractivity contribution in [3.8, 4) is 0 Å². The van der Waals surface area contributed by atoms with Crippen LogP contribution in [0.5, 0.6) is 0 Å². The number of benzene rings is 2.